The number of benzene rings is 1. The Bertz CT molecular complexity index is 289. The van der Waals surface area contributed by atoms with Gasteiger partial charge in [0.05, 0.1) is 12.7 Å². The summed E-state index contributed by atoms with van der Waals surface area (Å²) in [4.78, 5) is 0. The summed E-state index contributed by atoms with van der Waals surface area (Å²) in [6.07, 6.45) is 1.68. The molecule has 0 aliphatic heterocycles. The minimum Gasteiger partial charge on any atom is -0.493 e. The Hall–Kier alpha value is -1.19. The Labute approximate surface area is 80.5 Å². The molecular formula is C10H10F3O. The number of hydrogen-bond acceptors (Lipinski definition) is 1. The van der Waals surface area contributed by atoms with Gasteiger partial charge in [-0.3, -0.25) is 0 Å². The Kier molecular flexibility index (Phi) is 3.80. The predicted molar refractivity (Wildman–Crippen MR) is 45.6 cm³/mol. The molecule has 1 aromatic carbocycles. The molecule has 14 heavy (non-hydrogen) atoms. The Morgan fingerprint density at radius 2 is 2.07 bits per heavy atom. The summed E-state index contributed by atoms with van der Waals surface area (Å²) in [5, 5.41) is 0. The zero-order chi connectivity index (χ0) is 10.6. The minimum absolute atomic E-state index is 0.102. The number of rotatable bonds is 4. The van der Waals surface area contributed by atoms with E-state index in [1.165, 1.54) is 0 Å². The summed E-state index contributed by atoms with van der Waals surface area (Å²) in [5.74, 6) is -4.23. The van der Waals surface area contributed by atoms with Gasteiger partial charge >= 0.3 is 0 Å². The Balaban J connectivity index is 2.69. The molecule has 77 valence electrons. The molecule has 0 saturated heterocycles. The molecule has 0 saturated carbocycles. The average molecular weight is 203 g/mol. The fraction of sp³-hybridized carbons (Fsp3) is 0.400. The first-order valence-electron chi connectivity index (χ1n) is 4.34. The molecule has 0 N–H and O–H groups in total. The van der Waals surface area contributed by atoms with Crippen LogP contribution in [0, 0.1) is 23.5 Å². The van der Waals surface area contributed by atoms with E-state index in [1.54, 1.807) is 0 Å². The first-order chi connectivity index (χ1) is 6.65. The van der Waals surface area contributed by atoms with Crippen LogP contribution < -0.4 is 4.74 Å². The lowest BCUT2D eigenvalue weighted by Gasteiger charge is -2.05. The fourth-order valence-corrected chi connectivity index (χ4v) is 0.887. The van der Waals surface area contributed by atoms with Crippen molar-refractivity contribution in [2.45, 2.75) is 19.8 Å². The monoisotopic (exact) mass is 203 g/mol. The number of ether oxygens (including phenoxy) is 1. The average Bonchev–Trinajstić information content (AvgIpc) is 2.14. The van der Waals surface area contributed by atoms with Crippen molar-refractivity contribution < 1.29 is 17.9 Å². The summed E-state index contributed by atoms with van der Waals surface area (Å²) in [5.41, 5.74) is 0. The molecule has 0 heterocycles. The minimum atomic E-state index is -1.52. The van der Waals surface area contributed by atoms with Crippen LogP contribution in [0.5, 0.6) is 5.75 Å². The van der Waals surface area contributed by atoms with Gasteiger partial charge in [0.25, 0.3) is 0 Å². The van der Waals surface area contributed by atoms with Crippen molar-refractivity contribution in [2.24, 2.45) is 0 Å². The van der Waals surface area contributed by atoms with Gasteiger partial charge in [0, 0.05) is 6.07 Å². The molecule has 1 aromatic rings. The second kappa shape index (κ2) is 4.88. The maximum Gasteiger partial charge on any atom is 0.195 e. The highest BCUT2D eigenvalue weighted by Gasteiger charge is 2.11. The van der Waals surface area contributed by atoms with Gasteiger partial charge in [-0.25, -0.2) is 13.2 Å². The Morgan fingerprint density at radius 3 is 2.64 bits per heavy atom. The quantitative estimate of drug-likeness (QED) is 0.539. The molecule has 1 rings (SSSR count). The molecule has 0 aliphatic rings. The van der Waals surface area contributed by atoms with Gasteiger partial charge in [-0.05, 0) is 6.42 Å². The van der Waals surface area contributed by atoms with Crippen LogP contribution in [0.3, 0.4) is 0 Å². The van der Waals surface area contributed by atoms with Gasteiger partial charge < -0.3 is 4.74 Å². The van der Waals surface area contributed by atoms with Crippen molar-refractivity contribution in [3.8, 4) is 5.75 Å². The van der Waals surface area contributed by atoms with Crippen LogP contribution in [0.15, 0.2) is 6.07 Å². The smallest absolute Gasteiger partial charge is 0.195 e. The van der Waals surface area contributed by atoms with Crippen LogP contribution in [-0.2, 0) is 0 Å². The van der Waals surface area contributed by atoms with Gasteiger partial charge in [-0.1, -0.05) is 13.3 Å². The van der Waals surface area contributed by atoms with E-state index in [-0.39, 0.29) is 5.75 Å². The number of hydrogen-bond donors (Lipinski definition) is 0. The lowest BCUT2D eigenvalue weighted by molar-refractivity contribution is 0.302. The van der Waals surface area contributed by atoms with Crippen molar-refractivity contribution in [1.82, 2.24) is 0 Å². The van der Waals surface area contributed by atoms with Crippen LogP contribution in [-0.4, -0.2) is 6.61 Å². The highest BCUT2D eigenvalue weighted by atomic mass is 19.2. The van der Waals surface area contributed by atoms with E-state index in [1.807, 2.05) is 13.0 Å². The molecule has 0 fully saturated rings. The second-order valence-electron chi connectivity index (χ2n) is 2.81. The van der Waals surface area contributed by atoms with Crippen LogP contribution in [0.2, 0.25) is 0 Å². The molecule has 0 bridgehead atoms. The first kappa shape index (κ1) is 10.9. The van der Waals surface area contributed by atoms with E-state index in [9.17, 15) is 13.2 Å². The van der Waals surface area contributed by atoms with E-state index in [0.717, 1.165) is 18.9 Å². The van der Waals surface area contributed by atoms with Gasteiger partial charge in [0.1, 0.15) is 5.75 Å². The molecule has 4 heteroatoms. The van der Waals surface area contributed by atoms with Gasteiger partial charge in [0.2, 0.25) is 0 Å². The van der Waals surface area contributed by atoms with E-state index < -0.39 is 17.5 Å². The third-order valence-corrected chi connectivity index (χ3v) is 1.65. The number of halogens is 3. The SMILES string of the molecule is CCCCOc1[c]c(F)c(F)c(F)c1. The molecule has 1 radical (unpaired) electrons. The molecular weight excluding hydrogens is 193 g/mol. The third kappa shape index (κ3) is 2.65. The molecule has 0 aromatic heterocycles. The lowest BCUT2D eigenvalue weighted by Crippen LogP contribution is -1.99. The summed E-state index contributed by atoms with van der Waals surface area (Å²) >= 11 is 0. The topological polar surface area (TPSA) is 9.23 Å². The summed E-state index contributed by atoms with van der Waals surface area (Å²) in [7, 11) is 0. The fourth-order valence-electron chi connectivity index (χ4n) is 0.887. The van der Waals surface area contributed by atoms with Crippen molar-refractivity contribution in [1.29, 1.82) is 0 Å². The van der Waals surface area contributed by atoms with E-state index in [2.05, 4.69) is 0 Å². The molecule has 0 unspecified atom stereocenters. The van der Waals surface area contributed by atoms with Crippen LogP contribution in [0.1, 0.15) is 19.8 Å². The first-order valence-corrected chi connectivity index (χ1v) is 4.34. The van der Waals surface area contributed by atoms with Crippen molar-refractivity contribution in [3.05, 3.63) is 29.6 Å². The van der Waals surface area contributed by atoms with Gasteiger partial charge in [-0.15, -0.1) is 0 Å². The van der Waals surface area contributed by atoms with Gasteiger partial charge in [0.15, 0.2) is 17.5 Å². The van der Waals surface area contributed by atoms with Crippen molar-refractivity contribution in [3.63, 3.8) is 0 Å². The molecule has 0 atom stereocenters. The standard InChI is InChI=1S/C10H10F3O/c1-2-3-4-14-7-5-8(11)10(13)9(12)6-7/h5H,2-4H2,1H3. The number of unbranched alkanes of at least 4 members (excludes halogenated alkanes) is 1. The molecule has 0 aliphatic carbocycles. The third-order valence-electron chi connectivity index (χ3n) is 1.65. The van der Waals surface area contributed by atoms with E-state index >= 15 is 0 Å². The normalized spacial score (nSPS) is 10.3. The largest absolute Gasteiger partial charge is 0.493 e. The Morgan fingerprint density at radius 1 is 1.36 bits per heavy atom. The van der Waals surface area contributed by atoms with Crippen molar-refractivity contribution in [2.75, 3.05) is 6.61 Å². The van der Waals surface area contributed by atoms with E-state index in [0.29, 0.717) is 6.61 Å². The summed E-state index contributed by atoms with van der Waals surface area (Å²) in [6.45, 7) is 2.30. The lowest BCUT2D eigenvalue weighted by atomic mass is 10.3. The molecule has 1 nitrogen and oxygen atoms in total. The van der Waals surface area contributed by atoms with E-state index in [4.69, 9.17) is 4.74 Å². The van der Waals surface area contributed by atoms with Crippen LogP contribution in [0.4, 0.5) is 13.2 Å². The predicted octanol–water partition coefficient (Wildman–Crippen LogP) is 3.08. The van der Waals surface area contributed by atoms with Gasteiger partial charge in [-0.2, -0.15) is 0 Å². The second-order valence-corrected chi connectivity index (χ2v) is 2.81. The molecule has 0 spiro atoms. The maximum absolute atomic E-state index is 12.6. The maximum atomic E-state index is 12.6. The highest BCUT2D eigenvalue weighted by Crippen LogP contribution is 2.18. The summed E-state index contributed by atoms with van der Waals surface area (Å²) < 4.78 is 42.7. The van der Waals surface area contributed by atoms with Crippen molar-refractivity contribution >= 4 is 0 Å². The van der Waals surface area contributed by atoms with Crippen LogP contribution >= 0.6 is 0 Å². The zero-order valence-electron chi connectivity index (χ0n) is 7.74. The zero-order valence-corrected chi connectivity index (χ0v) is 7.74. The highest BCUT2D eigenvalue weighted by molar-refractivity contribution is 5.23. The molecule has 0 amide bonds. The summed E-state index contributed by atoms with van der Waals surface area (Å²) in [6, 6.07) is 2.76. The van der Waals surface area contributed by atoms with Crippen LogP contribution in [0.25, 0.3) is 0 Å².